The SMILES string of the molecule is CCC(N)Cc1ccc(OCC(=O)NCCC(C)C)cn1. The number of nitrogens with two attached hydrogens (primary N) is 1. The number of hydrogen-bond acceptors (Lipinski definition) is 4. The summed E-state index contributed by atoms with van der Waals surface area (Å²) in [5, 5.41) is 2.83. The van der Waals surface area contributed by atoms with Gasteiger partial charge in [0.05, 0.1) is 6.20 Å². The number of hydrogen-bond donors (Lipinski definition) is 2. The topological polar surface area (TPSA) is 77.2 Å². The van der Waals surface area contributed by atoms with Gasteiger partial charge in [-0.1, -0.05) is 20.8 Å². The van der Waals surface area contributed by atoms with Gasteiger partial charge in [-0.2, -0.15) is 0 Å². The summed E-state index contributed by atoms with van der Waals surface area (Å²) in [4.78, 5) is 15.9. The number of carbonyl (C=O) groups is 1. The van der Waals surface area contributed by atoms with E-state index in [-0.39, 0.29) is 18.6 Å². The van der Waals surface area contributed by atoms with Crippen LogP contribution < -0.4 is 15.8 Å². The zero-order chi connectivity index (χ0) is 15.7. The average Bonchev–Trinajstić information content (AvgIpc) is 2.46. The van der Waals surface area contributed by atoms with E-state index < -0.39 is 0 Å². The molecule has 1 aromatic heterocycles. The normalized spacial score (nSPS) is 12.2. The third-order valence-corrected chi connectivity index (χ3v) is 3.21. The predicted octanol–water partition coefficient (Wildman–Crippen LogP) is 1.90. The Kier molecular flexibility index (Phi) is 7.75. The lowest BCUT2D eigenvalue weighted by molar-refractivity contribution is -0.123. The van der Waals surface area contributed by atoms with Crippen LogP contribution in [-0.2, 0) is 11.2 Å². The van der Waals surface area contributed by atoms with Crippen molar-refractivity contribution in [3.05, 3.63) is 24.0 Å². The first-order valence-corrected chi connectivity index (χ1v) is 7.61. The molecular formula is C16H27N3O2. The summed E-state index contributed by atoms with van der Waals surface area (Å²) in [6, 6.07) is 3.85. The van der Waals surface area contributed by atoms with Crippen molar-refractivity contribution in [3.8, 4) is 5.75 Å². The Morgan fingerprint density at radius 3 is 2.76 bits per heavy atom. The van der Waals surface area contributed by atoms with Crippen molar-refractivity contribution in [1.29, 1.82) is 0 Å². The van der Waals surface area contributed by atoms with Gasteiger partial charge in [0.25, 0.3) is 5.91 Å². The summed E-state index contributed by atoms with van der Waals surface area (Å²) in [7, 11) is 0. The largest absolute Gasteiger partial charge is 0.482 e. The molecule has 1 heterocycles. The Morgan fingerprint density at radius 2 is 2.19 bits per heavy atom. The monoisotopic (exact) mass is 293 g/mol. The van der Waals surface area contributed by atoms with E-state index in [2.05, 4.69) is 31.1 Å². The van der Waals surface area contributed by atoms with Gasteiger partial charge in [0, 0.05) is 24.7 Å². The van der Waals surface area contributed by atoms with Crippen LogP contribution in [0.3, 0.4) is 0 Å². The number of carbonyl (C=O) groups excluding carboxylic acids is 1. The quantitative estimate of drug-likeness (QED) is 0.729. The number of amides is 1. The van der Waals surface area contributed by atoms with E-state index in [1.807, 2.05) is 12.1 Å². The molecule has 0 aliphatic rings. The van der Waals surface area contributed by atoms with Crippen LogP contribution in [0.25, 0.3) is 0 Å². The maximum absolute atomic E-state index is 11.6. The van der Waals surface area contributed by atoms with Crippen LogP contribution >= 0.6 is 0 Å². The summed E-state index contributed by atoms with van der Waals surface area (Å²) < 4.78 is 5.41. The van der Waals surface area contributed by atoms with Gasteiger partial charge < -0.3 is 15.8 Å². The standard InChI is InChI=1S/C16H27N3O2/c1-4-13(17)9-14-5-6-15(10-19-14)21-11-16(20)18-8-7-12(2)3/h5-6,10,12-13H,4,7-9,11,17H2,1-3H3,(H,18,20). The van der Waals surface area contributed by atoms with Crippen molar-refractivity contribution in [2.24, 2.45) is 11.7 Å². The van der Waals surface area contributed by atoms with Gasteiger partial charge in [-0.25, -0.2) is 0 Å². The first-order chi connectivity index (χ1) is 10.0. The Hall–Kier alpha value is -1.62. The summed E-state index contributed by atoms with van der Waals surface area (Å²) >= 11 is 0. The molecule has 0 aromatic carbocycles. The lowest BCUT2D eigenvalue weighted by Crippen LogP contribution is -2.30. The Labute approximate surface area is 127 Å². The molecule has 21 heavy (non-hydrogen) atoms. The molecule has 0 saturated carbocycles. The molecule has 0 saturated heterocycles. The highest BCUT2D eigenvalue weighted by atomic mass is 16.5. The summed E-state index contributed by atoms with van der Waals surface area (Å²) in [5.41, 5.74) is 6.83. The molecule has 5 heteroatoms. The third-order valence-electron chi connectivity index (χ3n) is 3.21. The zero-order valence-electron chi connectivity index (χ0n) is 13.3. The fourth-order valence-electron chi connectivity index (χ4n) is 1.73. The first-order valence-electron chi connectivity index (χ1n) is 7.61. The van der Waals surface area contributed by atoms with Gasteiger partial charge in [0.1, 0.15) is 5.75 Å². The van der Waals surface area contributed by atoms with Crippen LogP contribution in [0, 0.1) is 5.92 Å². The maximum atomic E-state index is 11.6. The van der Waals surface area contributed by atoms with Gasteiger partial charge >= 0.3 is 0 Å². The van der Waals surface area contributed by atoms with E-state index in [0.717, 1.165) is 25.0 Å². The average molecular weight is 293 g/mol. The number of nitrogens with one attached hydrogen (secondary N) is 1. The number of aromatic nitrogens is 1. The molecule has 1 rings (SSSR count). The second-order valence-corrected chi connectivity index (χ2v) is 5.68. The maximum Gasteiger partial charge on any atom is 0.257 e. The molecule has 1 atom stereocenters. The first kappa shape index (κ1) is 17.4. The molecular weight excluding hydrogens is 266 g/mol. The van der Waals surface area contributed by atoms with Crippen molar-refractivity contribution in [3.63, 3.8) is 0 Å². The van der Waals surface area contributed by atoms with Gasteiger partial charge in [0.15, 0.2) is 6.61 Å². The number of ether oxygens (including phenoxy) is 1. The molecule has 0 spiro atoms. The minimum absolute atomic E-state index is 0.0214. The number of pyridine rings is 1. The Balaban J connectivity index is 2.30. The van der Waals surface area contributed by atoms with Gasteiger partial charge in [-0.05, 0) is 30.9 Å². The molecule has 1 aromatic rings. The van der Waals surface area contributed by atoms with E-state index in [1.54, 1.807) is 6.20 Å². The highest BCUT2D eigenvalue weighted by Crippen LogP contribution is 2.10. The van der Waals surface area contributed by atoms with Crippen molar-refractivity contribution in [2.45, 2.75) is 46.1 Å². The predicted molar refractivity (Wildman–Crippen MR) is 84.2 cm³/mol. The van der Waals surface area contributed by atoms with E-state index in [4.69, 9.17) is 10.5 Å². The second kappa shape index (κ2) is 9.34. The lowest BCUT2D eigenvalue weighted by atomic mass is 10.1. The van der Waals surface area contributed by atoms with Gasteiger partial charge in [-0.3, -0.25) is 9.78 Å². The number of rotatable bonds is 9. The fourth-order valence-corrected chi connectivity index (χ4v) is 1.73. The Bertz CT molecular complexity index is 418. The fraction of sp³-hybridized carbons (Fsp3) is 0.625. The minimum Gasteiger partial charge on any atom is -0.482 e. The number of nitrogens with zero attached hydrogens (tertiary/aromatic N) is 1. The van der Waals surface area contributed by atoms with Crippen LogP contribution in [0.4, 0.5) is 0 Å². The van der Waals surface area contributed by atoms with Gasteiger partial charge in [-0.15, -0.1) is 0 Å². The van der Waals surface area contributed by atoms with Gasteiger partial charge in [0.2, 0.25) is 0 Å². The van der Waals surface area contributed by atoms with Crippen molar-refractivity contribution < 1.29 is 9.53 Å². The molecule has 0 bridgehead atoms. The summed E-state index contributed by atoms with van der Waals surface area (Å²) in [6.07, 6.45) is 4.29. The highest BCUT2D eigenvalue weighted by Gasteiger charge is 2.05. The van der Waals surface area contributed by atoms with E-state index in [0.29, 0.717) is 18.2 Å². The minimum atomic E-state index is -0.104. The molecule has 1 amide bonds. The molecule has 0 radical (unpaired) electrons. The molecule has 0 fully saturated rings. The zero-order valence-corrected chi connectivity index (χ0v) is 13.3. The van der Waals surface area contributed by atoms with Crippen LogP contribution in [-0.4, -0.2) is 30.1 Å². The van der Waals surface area contributed by atoms with Crippen molar-refractivity contribution in [1.82, 2.24) is 10.3 Å². The molecule has 1 unspecified atom stereocenters. The van der Waals surface area contributed by atoms with Crippen LogP contribution in [0.15, 0.2) is 18.3 Å². The van der Waals surface area contributed by atoms with E-state index in [9.17, 15) is 4.79 Å². The van der Waals surface area contributed by atoms with Crippen LogP contribution in [0.1, 0.15) is 39.3 Å². The summed E-state index contributed by atoms with van der Waals surface area (Å²) in [5.74, 6) is 1.08. The summed E-state index contributed by atoms with van der Waals surface area (Å²) in [6.45, 7) is 7.01. The Morgan fingerprint density at radius 1 is 1.43 bits per heavy atom. The molecule has 0 aliphatic heterocycles. The van der Waals surface area contributed by atoms with Crippen LogP contribution in [0.5, 0.6) is 5.75 Å². The molecule has 0 aliphatic carbocycles. The molecule has 3 N–H and O–H groups in total. The molecule has 5 nitrogen and oxygen atoms in total. The van der Waals surface area contributed by atoms with Crippen molar-refractivity contribution in [2.75, 3.05) is 13.2 Å². The smallest absolute Gasteiger partial charge is 0.257 e. The van der Waals surface area contributed by atoms with E-state index >= 15 is 0 Å². The van der Waals surface area contributed by atoms with Crippen molar-refractivity contribution >= 4 is 5.91 Å². The van der Waals surface area contributed by atoms with Crippen LogP contribution in [0.2, 0.25) is 0 Å². The van der Waals surface area contributed by atoms with E-state index in [1.165, 1.54) is 0 Å². The highest BCUT2D eigenvalue weighted by molar-refractivity contribution is 5.77. The lowest BCUT2D eigenvalue weighted by Gasteiger charge is -2.10. The third kappa shape index (κ3) is 7.66. The second-order valence-electron chi connectivity index (χ2n) is 5.68. The molecule has 118 valence electrons.